The van der Waals surface area contributed by atoms with Crippen molar-refractivity contribution in [1.29, 1.82) is 0 Å². The van der Waals surface area contributed by atoms with Gasteiger partial charge in [0.25, 0.3) is 0 Å². The van der Waals surface area contributed by atoms with Crippen LogP contribution in [0.1, 0.15) is 17.0 Å². The Kier molecular flexibility index (Phi) is 6.85. The molecule has 3 N–H and O–H groups in total. The molecule has 2 unspecified atom stereocenters. The lowest BCUT2D eigenvalue weighted by molar-refractivity contribution is 0.438. The lowest BCUT2D eigenvalue weighted by Gasteiger charge is -2.20. The van der Waals surface area contributed by atoms with Crippen LogP contribution < -0.4 is 9.15 Å². The number of halogens is 1. The van der Waals surface area contributed by atoms with Gasteiger partial charge in [-0.2, -0.15) is 0 Å². The van der Waals surface area contributed by atoms with Crippen molar-refractivity contribution in [3.8, 4) is 22.8 Å². The molecular weight excluding hydrogens is 474 g/mol. The maximum absolute atomic E-state index is 11.0. The summed E-state index contributed by atoms with van der Waals surface area (Å²) in [4.78, 5) is -0.306. The Balaban J connectivity index is 2.07. The first kappa shape index (κ1) is 22.0. The minimum absolute atomic E-state index is 0.0260. The van der Waals surface area contributed by atoms with Crippen molar-refractivity contribution in [3.63, 3.8) is 0 Å². The van der Waals surface area contributed by atoms with Gasteiger partial charge in [-0.05, 0) is 36.8 Å². The van der Waals surface area contributed by atoms with Gasteiger partial charge in [-0.3, -0.25) is 4.55 Å². The minimum atomic E-state index is -2.08. The van der Waals surface area contributed by atoms with E-state index in [1.54, 1.807) is 0 Å². The van der Waals surface area contributed by atoms with Crippen molar-refractivity contribution in [2.24, 2.45) is 0 Å². The summed E-state index contributed by atoms with van der Waals surface area (Å²) in [6.45, 7) is 6.37. The fourth-order valence-corrected chi connectivity index (χ4v) is 4.68. The van der Waals surface area contributed by atoms with E-state index < -0.39 is 19.6 Å². The van der Waals surface area contributed by atoms with Gasteiger partial charge in [0.05, 0.1) is 4.83 Å². The molecule has 2 atom stereocenters. The summed E-state index contributed by atoms with van der Waals surface area (Å²) in [5.41, 5.74) is 0.779. The fourth-order valence-electron chi connectivity index (χ4n) is 3.05. The quantitative estimate of drug-likeness (QED) is 0.215. The van der Waals surface area contributed by atoms with Crippen LogP contribution in [0.3, 0.4) is 0 Å². The molecule has 0 saturated heterocycles. The number of rotatable bonds is 8. The first-order valence-corrected chi connectivity index (χ1v) is 14.6. The van der Waals surface area contributed by atoms with Gasteiger partial charge >= 0.3 is 0 Å². The molecule has 156 valence electrons. The van der Waals surface area contributed by atoms with Crippen molar-refractivity contribution in [1.82, 2.24) is 4.72 Å². The van der Waals surface area contributed by atoms with E-state index in [9.17, 15) is 9.32 Å². The van der Waals surface area contributed by atoms with Gasteiger partial charge in [0, 0.05) is 12.1 Å². The van der Waals surface area contributed by atoms with Gasteiger partial charge in [0.1, 0.15) is 0 Å². The molecule has 0 aliphatic rings. The van der Waals surface area contributed by atoms with Crippen LogP contribution >= 0.6 is 15.9 Å². The molecule has 0 aliphatic carbocycles. The van der Waals surface area contributed by atoms with Crippen LogP contribution in [-0.2, 0) is 11.3 Å². The molecule has 0 fully saturated rings. The Labute approximate surface area is 181 Å². The number of hydrogen-bond acceptors (Lipinski definition) is 4. The van der Waals surface area contributed by atoms with Gasteiger partial charge in [0.15, 0.2) is 17.3 Å². The van der Waals surface area contributed by atoms with Crippen molar-refractivity contribution in [3.05, 3.63) is 48.2 Å². The third-order valence-corrected chi connectivity index (χ3v) is 6.36. The predicted molar refractivity (Wildman–Crippen MR) is 122 cm³/mol. The molecule has 0 aliphatic heterocycles. The van der Waals surface area contributed by atoms with Crippen molar-refractivity contribution >= 4 is 46.3 Å². The van der Waals surface area contributed by atoms with E-state index in [0.717, 1.165) is 16.3 Å². The fraction of sp³-hybridized carbons (Fsp3) is 0.300. The molecule has 0 bridgehead atoms. The molecule has 1 aromatic heterocycles. The SMILES string of the molecule is C[Si](C)(C)Oc1c(C(Br)CCNS(=O)O)oc(-c2cccc3ccccc23)c1O. The Morgan fingerprint density at radius 3 is 2.59 bits per heavy atom. The Morgan fingerprint density at radius 1 is 1.21 bits per heavy atom. The summed E-state index contributed by atoms with van der Waals surface area (Å²) < 4.78 is 34.5. The van der Waals surface area contributed by atoms with E-state index in [4.69, 9.17) is 13.4 Å². The molecule has 3 rings (SSSR count). The average molecular weight is 498 g/mol. The van der Waals surface area contributed by atoms with E-state index in [1.165, 1.54) is 0 Å². The van der Waals surface area contributed by atoms with E-state index in [0.29, 0.717) is 23.7 Å². The zero-order valence-electron chi connectivity index (χ0n) is 16.4. The summed E-state index contributed by atoms with van der Waals surface area (Å²) >= 11 is 1.49. The van der Waals surface area contributed by atoms with E-state index in [1.807, 2.05) is 62.1 Å². The zero-order valence-corrected chi connectivity index (χ0v) is 19.8. The van der Waals surface area contributed by atoms with E-state index in [2.05, 4.69) is 20.7 Å². The summed E-state index contributed by atoms with van der Waals surface area (Å²) in [6.07, 6.45) is 0.469. The monoisotopic (exact) mass is 497 g/mol. The topological polar surface area (TPSA) is 91.9 Å². The van der Waals surface area contributed by atoms with E-state index in [-0.39, 0.29) is 17.1 Å². The highest BCUT2D eigenvalue weighted by atomic mass is 79.9. The standard InChI is InChI=1S/C20H24BrNO5SSi/c1-29(2,3)27-20-17(23)18(26-19(20)16(21)11-12-22-28(24)25)15-10-6-8-13-7-4-5-9-14(13)15/h4-10,16,22-23H,11-12H2,1-3H3,(H,24,25). The first-order chi connectivity index (χ1) is 13.7. The van der Waals surface area contributed by atoms with Gasteiger partial charge in [-0.15, -0.1) is 0 Å². The molecule has 0 saturated carbocycles. The Morgan fingerprint density at radius 2 is 1.90 bits per heavy atom. The average Bonchev–Trinajstić information content (AvgIpc) is 2.96. The van der Waals surface area contributed by atoms with Crippen LogP contribution in [0.15, 0.2) is 46.9 Å². The molecule has 9 heteroatoms. The lowest BCUT2D eigenvalue weighted by Crippen LogP contribution is -2.29. The summed E-state index contributed by atoms with van der Waals surface area (Å²) in [7, 11) is -2.04. The highest BCUT2D eigenvalue weighted by Gasteiger charge is 2.31. The van der Waals surface area contributed by atoms with Gasteiger partial charge in [-0.1, -0.05) is 58.4 Å². The van der Waals surface area contributed by atoms with Crippen LogP contribution in [0.25, 0.3) is 22.1 Å². The highest BCUT2D eigenvalue weighted by molar-refractivity contribution is 9.09. The zero-order chi connectivity index (χ0) is 21.2. The molecule has 0 radical (unpaired) electrons. The number of furan rings is 1. The molecule has 2 aromatic carbocycles. The number of aromatic hydroxyl groups is 1. The second kappa shape index (κ2) is 9.01. The van der Waals surface area contributed by atoms with E-state index >= 15 is 0 Å². The highest BCUT2D eigenvalue weighted by Crippen LogP contribution is 2.49. The van der Waals surface area contributed by atoms with Crippen LogP contribution in [0.2, 0.25) is 19.6 Å². The molecule has 29 heavy (non-hydrogen) atoms. The first-order valence-electron chi connectivity index (χ1n) is 9.18. The third-order valence-electron chi connectivity index (χ3n) is 4.22. The molecule has 6 nitrogen and oxygen atoms in total. The predicted octanol–water partition coefficient (Wildman–Crippen LogP) is 5.57. The molecular formula is C20H24BrNO5SSi. The maximum atomic E-state index is 11.0. The largest absolute Gasteiger partial charge is 0.539 e. The second-order valence-corrected chi connectivity index (χ2v) is 13.9. The molecule has 0 amide bonds. The Hall–Kier alpha value is -1.65. The number of benzene rings is 2. The molecule has 0 spiro atoms. The Bertz CT molecular complexity index is 1030. The third kappa shape index (κ3) is 5.29. The number of hydrogen-bond donors (Lipinski definition) is 3. The lowest BCUT2D eigenvalue weighted by atomic mass is 10.0. The minimum Gasteiger partial charge on any atom is -0.539 e. The normalized spacial score (nSPS) is 14.1. The van der Waals surface area contributed by atoms with Crippen LogP contribution in [0, 0.1) is 0 Å². The second-order valence-electron chi connectivity index (χ2n) is 7.61. The van der Waals surface area contributed by atoms with Gasteiger partial charge in [-0.25, -0.2) is 8.93 Å². The summed E-state index contributed by atoms with van der Waals surface area (Å²) in [5, 5.41) is 13.0. The summed E-state index contributed by atoms with van der Waals surface area (Å²) in [5.74, 6) is 1.13. The number of fused-ring (bicyclic) bond motifs is 1. The van der Waals surface area contributed by atoms with Gasteiger partial charge < -0.3 is 13.9 Å². The molecule has 3 aromatic rings. The smallest absolute Gasteiger partial charge is 0.242 e. The van der Waals surface area contributed by atoms with Crippen LogP contribution in [0.5, 0.6) is 11.5 Å². The maximum Gasteiger partial charge on any atom is 0.242 e. The number of nitrogens with one attached hydrogen (secondary N) is 1. The van der Waals surface area contributed by atoms with Crippen LogP contribution in [-0.4, -0.2) is 28.7 Å². The van der Waals surface area contributed by atoms with Gasteiger partial charge in [0.2, 0.25) is 25.3 Å². The molecule has 1 heterocycles. The number of alkyl halides is 1. The van der Waals surface area contributed by atoms with Crippen molar-refractivity contribution in [2.75, 3.05) is 6.54 Å². The summed E-state index contributed by atoms with van der Waals surface area (Å²) in [6, 6.07) is 13.7. The van der Waals surface area contributed by atoms with Crippen LogP contribution in [0.4, 0.5) is 0 Å². The van der Waals surface area contributed by atoms with Crippen molar-refractivity contribution < 1.29 is 22.7 Å². The van der Waals surface area contributed by atoms with Crippen molar-refractivity contribution in [2.45, 2.75) is 30.9 Å².